The quantitative estimate of drug-likeness (QED) is 0.653. The Kier molecular flexibility index (Phi) is 4.95. The topological polar surface area (TPSA) is 129 Å². The first kappa shape index (κ1) is 14.3. The first-order chi connectivity index (χ1) is 8.41. The summed E-state index contributed by atoms with van der Waals surface area (Å²) in [6.45, 7) is 3.92. The molecule has 100 valence electrons. The van der Waals surface area contributed by atoms with E-state index in [0.29, 0.717) is 16.9 Å². The molecular weight excluding hydrogens is 256 g/mol. The summed E-state index contributed by atoms with van der Waals surface area (Å²) >= 11 is 1.35. The van der Waals surface area contributed by atoms with Crippen molar-refractivity contribution in [2.75, 3.05) is 11.5 Å². The lowest BCUT2D eigenvalue weighted by molar-refractivity contribution is -0.119. The number of nitrogens with one attached hydrogen (secondary N) is 1. The molecule has 0 aliphatic carbocycles. The predicted molar refractivity (Wildman–Crippen MR) is 67.9 cm³/mol. The van der Waals surface area contributed by atoms with Crippen molar-refractivity contribution in [1.29, 1.82) is 0 Å². The molecule has 0 saturated heterocycles. The highest BCUT2D eigenvalue weighted by molar-refractivity contribution is 7.99. The van der Waals surface area contributed by atoms with Crippen molar-refractivity contribution in [3.8, 4) is 0 Å². The van der Waals surface area contributed by atoms with Gasteiger partial charge in [0.15, 0.2) is 5.16 Å². The van der Waals surface area contributed by atoms with Crippen LogP contribution in [0.25, 0.3) is 0 Å². The summed E-state index contributed by atoms with van der Waals surface area (Å²) in [5.74, 6) is 0.386. The van der Waals surface area contributed by atoms with Gasteiger partial charge >= 0.3 is 6.03 Å². The highest BCUT2D eigenvalue weighted by Gasteiger charge is 2.13. The van der Waals surface area contributed by atoms with Gasteiger partial charge < -0.3 is 11.5 Å². The third-order valence-electron chi connectivity index (χ3n) is 2.03. The number of hydrogen-bond acceptors (Lipinski definition) is 6. The van der Waals surface area contributed by atoms with Crippen LogP contribution >= 0.6 is 11.8 Å². The Labute approximate surface area is 108 Å². The molecular formula is C9H16N6O2S. The molecule has 0 fully saturated rings. The molecule has 5 N–H and O–H groups in total. The number of thioether (sulfide) groups is 1. The number of aromatic nitrogens is 3. The lowest BCUT2D eigenvalue weighted by Crippen LogP contribution is -2.35. The van der Waals surface area contributed by atoms with Crippen molar-refractivity contribution in [3.63, 3.8) is 0 Å². The highest BCUT2D eigenvalue weighted by atomic mass is 32.2. The molecule has 0 saturated carbocycles. The Morgan fingerprint density at radius 1 is 1.44 bits per heavy atom. The van der Waals surface area contributed by atoms with E-state index in [9.17, 15) is 9.59 Å². The van der Waals surface area contributed by atoms with Crippen LogP contribution in [0.2, 0.25) is 0 Å². The molecule has 0 bridgehead atoms. The Bertz CT molecular complexity index is 444. The Morgan fingerprint density at radius 3 is 2.67 bits per heavy atom. The molecule has 18 heavy (non-hydrogen) atoms. The first-order valence-electron chi connectivity index (χ1n) is 5.34. The number of hydrogen-bond donors (Lipinski definition) is 3. The van der Waals surface area contributed by atoms with Gasteiger partial charge in [0.1, 0.15) is 0 Å². The fourth-order valence-electron chi connectivity index (χ4n) is 1.31. The second-order valence-corrected chi connectivity index (χ2v) is 4.88. The standard InChI is InChI=1S/C9H16N6O2S/c1-5(2)15-7(10)13-14-9(15)18-4-3-6(16)12-8(11)17/h5H,3-4H2,1-2H3,(H2,10,13)(H3,11,12,16,17). The van der Waals surface area contributed by atoms with Gasteiger partial charge in [-0.15, -0.1) is 10.2 Å². The predicted octanol–water partition coefficient (Wildman–Crippen LogP) is 0.118. The van der Waals surface area contributed by atoms with Gasteiger partial charge in [0.05, 0.1) is 0 Å². The van der Waals surface area contributed by atoms with E-state index in [4.69, 9.17) is 11.5 Å². The number of anilines is 1. The molecule has 0 aliphatic rings. The minimum Gasteiger partial charge on any atom is -0.368 e. The SMILES string of the molecule is CC(C)n1c(N)nnc1SCCC(=O)NC(N)=O. The van der Waals surface area contributed by atoms with Crippen molar-refractivity contribution in [2.45, 2.75) is 31.5 Å². The number of imide groups is 1. The Hall–Kier alpha value is -1.77. The average molecular weight is 272 g/mol. The van der Waals surface area contributed by atoms with Crippen LogP contribution in [0.1, 0.15) is 26.3 Å². The molecule has 1 aromatic rings. The van der Waals surface area contributed by atoms with Crippen LogP contribution in [0.3, 0.4) is 0 Å². The van der Waals surface area contributed by atoms with Crippen LogP contribution in [-0.4, -0.2) is 32.5 Å². The molecule has 1 aromatic heterocycles. The van der Waals surface area contributed by atoms with E-state index < -0.39 is 11.9 Å². The van der Waals surface area contributed by atoms with E-state index in [1.54, 1.807) is 4.57 Å². The maximum Gasteiger partial charge on any atom is 0.318 e. The first-order valence-corrected chi connectivity index (χ1v) is 6.32. The molecule has 0 spiro atoms. The van der Waals surface area contributed by atoms with Crippen molar-refractivity contribution >= 4 is 29.6 Å². The van der Waals surface area contributed by atoms with Gasteiger partial charge in [-0.1, -0.05) is 11.8 Å². The molecule has 0 unspecified atom stereocenters. The Morgan fingerprint density at radius 2 is 2.11 bits per heavy atom. The lowest BCUT2D eigenvalue weighted by Gasteiger charge is -2.10. The zero-order chi connectivity index (χ0) is 13.7. The zero-order valence-corrected chi connectivity index (χ0v) is 11.0. The zero-order valence-electron chi connectivity index (χ0n) is 10.2. The van der Waals surface area contributed by atoms with Gasteiger partial charge in [0.2, 0.25) is 11.9 Å². The summed E-state index contributed by atoms with van der Waals surface area (Å²) in [5, 5.41) is 10.3. The molecule has 9 heteroatoms. The molecule has 1 heterocycles. The van der Waals surface area contributed by atoms with E-state index in [1.165, 1.54) is 11.8 Å². The smallest absolute Gasteiger partial charge is 0.318 e. The van der Waals surface area contributed by atoms with Crippen LogP contribution in [0.5, 0.6) is 0 Å². The molecule has 0 radical (unpaired) electrons. The summed E-state index contributed by atoms with van der Waals surface area (Å²) in [5.41, 5.74) is 10.5. The maximum atomic E-state index is 11.2. The number of carbonyl (C=O) groups excluding carboxylic acids is 2. The van der Waals surface area contributed by atoms with Crippen molar-refractivity contribution in [2.24, 2.45) is 5.73 Å². The highest BCUT2D eigenvalue weighted by Crippen LogP contribution is 2.22. The van der Waals surface area contributed by atoms with E-state index in [0.717, 1.165) is 0 Å². The summed E-state index contributed by atoms with van der Waals surface area (Å²) in [6.07, 6.45) is 0.165. The van der Waals surface area contributed by atoms with Crippen molar-refractivity contribution < 1.29 is 9.59 Å². The number of rotatable bonds is 5. The van der Waals surface area contributed by atoms with Crippen molar-refractivity contribution in [3.05, 3.63) is 0 Å². The largest absolute Gasteiger partial charge is 0.368 e. The number of amides is 3. The van der Waals surface area contributed by atoms with Crippen LogP contribution in [-0.2, 0) is 4.79 Å². The molecule has 0 atom stereocenters. The van der Waals surface area contributed by atoms with Gasteiger partial charge in [-0.05, 0) is 13.8 Å². The van der Waals surface area contributed by atoms with Gasteiger partial charge in [-0.3, -0.25) is 14.7 Å². The molecule has 8 nitrogen and oxygen atoms in total. The Balaban J connectivity index is 2.49. The number of primary amides is 1. The van der Waals surface area contributed by atoms with E-state index >= 15 is 0 Å². The summed E-state index contributed by atoms with van der Waals surface area (Å²) in [4.78, 5) is 21.6. The monoisotopic (exact) mass is 272 g/mol. The third kappa shape index (κ3) is 3.91. The summed E-state index contributed by atoms with van der Waals surface area (Å²) < 4.78 is 1.77. The number of urea groups is 1. The molecule has 3 amide bonds. The van der Waals surface area contributed by atoms with E-state index in [2.05, 4.69) is 10.2 Å². The number of nitrogens with zero attached hydrogens (tertiary/aromatic N) is 3. The minimum atomic E-state index is -0.848. The van der Waals surface area contributed by atoms with Crippen LogP contribution < -0.4 is 16.8 Å². The third-order valence-corrected chi connectivity index (χ3v) is 2.98. The van der Waals surface area contributed by atoms with E-state index in [1.807, 2.05) is 19.2 Å². The summed E-state index contributed by atoms with van der Waals surface area (Å²) in [6, 6.07) is -0.707. The number of carbonyl (C=O) groups is 2. The average Bonchev–Trinajstić information content (AvgIpc) is 2.58. The van der Waals surface area contributed by atoms with Crippen LogP contribution in [0.4, 0.5) is 10.7 Å². The fourth-order valence-corrected chi connectivity index (χ4v) is 2.32. The molecule has 1 rings (SSSR count). The molecule has 0 aromatic carbocycles. The van der Waals surface area contributed by atoms with Crippen LogP contribution in [0, 0.1) is 0 Å². The van der Waals surface area contributed by atoms with Crippen LogP contribution in [0.15, 0.2) is 5.16 Å². The summed E-state index contributed by atoms with van der Waals surface area (Å²) in [7, 11) is 0. The molecule has 0 aliphatic heterocycles. The van der Waals surface area contributed by atoms with E-state index in [-0.39, 0.29) is 12.5 Å². The second-order valence-electron chi connectivity index (χ2n) is 3.82. The minimum absolute atomic E-state index is 0.141. The van der Waals surface area contributed by atoms with Crippen molar-refractivity contribution in [1.82, 2.24) is 20.1 Å². The number of nitrogens with two attached hydrogens (primary N) is 2. The number of nitrogen functional groups attached to an aromatic ring is 1. The normalized spacial score (nSPS) is 10.6. The van der Waals surface area contributed by atoms with Gasteiger partial charge in [-0.2, -0.15) is 0 Å². The second kappa shape index (κ2) is 6.24. The fraction of sp³-hybridized carbons (Fsp3) is 0.556. The lowest BCUT2D eigenvalue weighted by atomic mass is 10.4. The maximum absolute atomic E-state index is 11.2. The van der Waals surface area contributed by atoms with Gasteiger partial charge in [-0.25, -0.2) is 4.79 Å². The van der Waals surface area contributed by atoms with Gasteiger partial charge in [0.25, 0.3) is 0 Å². The van der Waals surface area contributed by atoms with Gasteiger partial charge in [0, 0.05) is 18.2 Å².